The van der Waals surface area contributed by atoms with E-state index in [1.807, 2.05) is 19.1 Å². The largest absolute Gasteiger partial charge is 0.469 e. The fraction of sp³-hybridized carbons (Fsp3) is 0.643. The van der Waals surface area contributed by atoms with Gasteiger partial charge in [0.25, 0.3) is 0 Å². The number of amides is 2. The van der Waals surface area contributed by atoms with Crippen molar-refractivity contribution in [2.24, 2.45) is 0 Å². The van der Waals surface area contributed by atoms with Crippen molar-refractivity contribution in [1.29, 1.82) is 0 Å². The van der Waals surface area contributed by atoms with Crippen molar-refractivity contribution in [2.45, 2.75) is 38.3 Å². The van der Waals surface area contributed by atoms with Crippen LogP contribution in [0.5, 0.6) is 0 Å². The van der Waals surface area contributed by atoms with Gasteiger partial charge in [-0.1, -0.05) is 0 Å². The van der Waals surface area contributed by atoms with Gasteiger partial charge < -0.3 is 14.6 Å². The van der Waals surface area contributed by atoms with Crippen molar-refractivity contribution >= 4 is 16.1 Å². The van der Waals surface area contributed by atoms with E-state index >= 15 is 0 Å². The van der Waals surface area contributed by atoms with Gasteiger partial charge in [0.15, 0.2) is 0 Å². The third-order valence-electron chi connectivity index (χ3n) is 3.55. The summed E-state index contributed by atoms with van der Waals surface area (Å²) < 4.78 is 30.4. The number of piperidine rings is 1. The number of sulfonamides is 1. The minimum absolute atomic E-state index is 0.0538. The van der Waals surface area contributed by atoms with Gasteiger partial charge in [-0.25, -0.2) is 17.9 Å². The molecule has 1 aliphatic rings. The molecule has 7 nitrogen and oxygen atoms in total. The SMILES string of the molecule is CC(Cc1ccco1)NC(=O)N1CCCC(NS(C)(=O)=O)C1. The van der Waals surface area contributed by atoms with Gasteiger partial charge in [-0.05, 0) is 31.9 Å². The summed E-state index contributed by atoms with van der Waals surface area (Å²) in [6, 6.07) is 3.25. The van der Waals surface area contributed by atoms with Gasteiger partial charge in [0.2, 0.25) is 10.0 Å². The Balaban J connectivity index is 1.83. The molecule has 22 heavy (non-hydrogen) atoms. The van der Waals surface area contributed by atoms with E-state index in [1.54, 1.807) is 11.2 Å². The predicted octanol–water partition coefficient (Wildman–Crippen LogP) is 0.934. The number of urea groups is 1. The molecule has 0 saturated carbocycles. The molecule has 0 radical (unpaired) electrons. The number of rotatable bonds is 5. The van der Waals surface area contributed by atoms with Crippen LogP contribution in [0.4, 0.5) is 4.79 Å². The van der Waals surface area contributed by atoms with E-state index in [1.165, 1.54) is 0 Å². The number of carbonyl (C=O) groups excluding carboxylic acids is 1. The summed E-state index contributed by atoms with van der Waals surface area (Å²) in [5.41, 5.74) is 0. The molecule has 1 fully saturated rings. The summed E-state index contributed by atoms with van der Waals surface area (Å²) in [6.45, 7) is 2.95. The summed E-state index contributed by atoms with van der Waals surface area (Å²) in [7, 11) is -3.25. The number of furan rings is 1. The topological polar surface area (TPSA) is 91.7 Å². The zero-order valence-corrected chi connectivity index (χ0v) is 13.7. The highest BCUT2D eigenvalue weighted by Gasteiger charge is 2.26. The van der Waals surface area contributed by atoms with Gasteiger partial charge in [0.05, 0.1) is 12.5 Å². The number of carbonyl (C=O) groups is 1. The van der Waals surface area contributed by atoms with Gasteiger partial charge in [-0.3, -0.25) is 0 Å². The summed E-state index contributed by atoms with van der Waals surface area (Å²) in [6.07, 6.45) is 4.90. The first-order valence-corrected chi connectivity index (χ1v) is 9.28. The molecule has 0 aromatic carbocycles. The van der Waals surface area contributed by atoms with Crippen molar-refractivity contribution < 1.29 is 17.6 Å². The average molecular weight is 329 g/mol. The smallest absolute Gasteiger partial charge is 0.317 e. The molecule has 1 aromatic rings. The van der Waals surface area contributed by atoms with Crippen molar-refractivity contribution in [2.75, 3.05) is 19.3 Å². The molecule has 2 atom stereocenters. The van der Waals surface area contributed by atoms with Crippen LogP contribution in [0.1, 0.15) is 25.5 Å². The number of hydrogen-bond donors (Lipinski definition) is 2. The molecule has 0 bridgehead atoms. The van der Waals surface area contributed by atoms with Gasteiger partial charge >= 0.3 is 6.03 Å². The lowest BCUT2D eigenvalue weighted by atomic mass is 10.1. The van der Waals surface area contributed by atoms with Crippen molar-refractivity contribution in [3.05, 3.63) is 24.2 Å². The molecule has 1 aromatic heterocycles. The molecular weight excluding hydrogens is 306 g/mol. The first-order chi connectivity index (χ1) is 10.3. The summed E-state index contributed by atoms with van der Waals surface area (Å²) >= 11 is 0. The highest BCUT2D eigenvalue weighted by atomic mass is 32.2. The van der Waals surface area contributed by atoms with Gasteiger partial charge in [-0.15, -0.1) is 0 Å². The molecule has 1 saturated heterocycles. The van der Waals surface area contributed by atoms with Crippen LogP contribution in [0, 0.1) is 0 Å². The Hall–Kier alpha value is -1.54. The van der Waals surface area contributed by atoms with Crippen LogP contribution in [0.15, 0.2) is 22.8 Å². The van der Waals surface area contributed by atoms with E-state index in [0.29, 0.717) is 19.5 Å². The Morgan fingerprint density at radius 3 is 2.95 bits per heavy atom. The first-order valence-electron chi connectivity index (χ1n) is 7.38. The van der Waals surface area contributed by atoms with Crippen molar-refractivity contribution in [3.63, 3.8) is 0 Å². The second-order valence-electron chi connectivity index (χ2n) is 5.81. The number of nitrogens with one attached hydrogen (secondary N) is 2. The molecule has 1 aliphatic heterocycles. The summed E-state index contributed by atoms with van der Waals surface area (Å²) in [5.74, 6) is 0.822. The van der Waals surface area contributed by atoms with Crippen LogP contribution in [-0.4, -0.2) is 50.8 Å². The molecule has 124 valence electrons. The molecule has 0 spiro atoms. The lowest BCUT2D eigenvalue weighted by Gasteiger charge is -2.33. The highest BCUT2D eigenvalue weighted by Crippen LogP contribution is 2.11. The van der Waals surface area contributed by atoms with Gasteiger partial charge in [0.1, 0.15) is 5.76 Å². The van der Waals surface area contributed by atoms with Crippen LogP contribution >= 0.6 is 0 Å². The first kappa shape index (κ1) is 16.8. The van der Waals surface area contributed by atoms with Crippen molar-refractivity contribution in [1.82, 2.24) is 14.9 Å². The van der Waals surface area contributed by atoms with Gasteiger partial charge in [0, 0.05) is 31.6 Å². The monoisotopic (exact) mass is 329 g/mol. The Bertz CT molecular complexity index is 585. The Labute approximate surface area is 131 Å². The van der Waals surface area contributed by atoms with Crippen LogP contribution in [0.2, 0.25) is 0 Å². The normalized spacial score (nSPS) is 20.6. The fourth-order valence-corrected chi connectivity index (χ4v) is 3.44. The predicted molar refractivity (Wildman–Crippen MR) is 83.0 cm³/mol. The van der Waals surface area contributed by atoms with Crippen LogP contribution in [0.25, 0.3) is 0 Å². The fourth-order valence-electron chi connectivity index (χ4n) is 2.64. The molecular formula is C14H23N3O4S. The molecule has 2 N–H and O–H groups in total. The Morgan fingerprint density at radius 1 is 1.55 bits per heavy atom. The quantitative estimate of drug-likeness (QED) is 0.841. The maximum atomic E-state index is 12.3. The molecule has 0 aliphatic carbocycles. The van der Waals surface area contributed by atoms with E-state index < -0.39 is 10.0 Å². The Kier molecular flexibility index (Phi) is 5.47. The molecule has 2 heterocycles. The third kappa shape index (κ3) is 5.34. The van der Waals surface area contributed by atoms with Gasteiger partial charge in [-0.2, -0.15) is 0 Å². The highest BCUT2D eigenvalue weighted by molar-refractivity contribution is 7.88. The number of likely N-dealkylation sites (tertiary alicyclic amines) is 1. The van der Waals surface area contributed by atoms with Crippen LogP contribution in [-0.2, 0) is 16.4 Å². The average Bonchev–Trinajstić information content (AvgIpc) is 2.89. The third-order valence-corrected chi connectivity index (χ3v) is 4.31. The lowest BCUT2D eigenvalue weighted by molar-refractivity contribution is 0.174. The summed E-state index contributed by atoms with van der Waals surface area (Å²) in [5, 5.41) is 2.92. The molecule has 2 unspecified atom stereocenters. The van der Waals surface area contributed by atoms with E-state index in [0.717, 1.165) is 24.9 Å². The van der Waals surface area contributed by atoms with Crippen molar-refractivity contribution in [3.8, 4) is 0 Å². The van der Waals surface area contributed by atoms with Crippen LogP contribution in [0.3, 0.4) is 0 Å². The molecule has 8 heteroatoms. The standard InChI is InChI=1S/C14H23N3O4S/c1-11(9-13-6-4-8-21-13)15-14(18)17-7-3-5-12(10-17)16-22(2,19)20/h4,6,8,11-12,16H,3,5,7,9-10H2,1-2H3,(H,15,18). The maximum absolute atomic E-state index is 12.3. The minimum atomic E-state index is -3.25. The van der Waals surface area contributed by atoms with E-state index in [2.05, 4.69) is 10.0 Å². The second-order valence-corrected chi connectivity index (χ2v) is 7.59. The molecule has 2 amide bonds. The Morgan fingerprint density at radius 2 is 2.32 bits per heavy atom. The maximum Gasteiger partial charge on any atom is 0.317 e. The van der Waals surface area contributed by atoms with Crippen LogP contribution < -0.4 is 10.0 Å². The second kappa shape index (κ2) is 7.15. The molecule has 2 rings (SSSR count). The zero-order chi connectivity index (χ0) is 16.2. The minimum Gasteiger partial charge on any atom is -0.469 e. The van der Waals surface area contributed by atoms with E-state index in [9.17, 15) is 13.2 Å². The lowest BCUT2D eigenvalue weighted by Crippen LogP contribution is -2.53. The number of hydrogen-bond acceptors (Lipinski definition) is 4. The summed E-state index contributed by atoms with van der Waals surface area (Å²) in [4.78, 5) is 13.9. The number of nitrogens with zero attached hydrogens (tertiary/aromatic N) is 1. The van der Waals surface area contributed by atoms with E-state index in [-0.39, 0.29) is 18.1 Å². The van der Waals surface area contributed by atoms with E-state index in [4.69, 9.17) is 4.42 Å². The zero-order valence-electron chi connectivity index (χ0n) is 12.9.